The Morgan fingerprint density at radius 3 is 2.82 bits per heavy atom. The number of nitrogens with zero attached hydrogens (tertiary/aromatic N) is 1. The van der Waals surface area contributed by atoms with Crippen LogP contribution in [0.2, 0.25) is 0 Å². The number of thioether (sulfide) groups is 1. The Morgan fingerprint density at radius 2 is 2.18 bits per heavy atom. The van der Waals surface area contributed by atoms with Crippen molar-refractivity contribution in [2.24, 2.45) is 0 Å². The van der Waals surface area contributed by atoms with Gasteiger partial charge in [-0.1, -0.05) is 0 Å². The van der Waals surface area contributed by atoms with Crippen LogP contribution in [0.15, 0.2) is 16.6 Å². The van der Waals surface area contributed by atoms with Crippen molar-refractivity contribution in [1.29, 1.82) is 5.26 Å². The average molecular weight is 321 g/mol. The molecule has 0 aromatic heterocycles. The fourth-order valence-corrected chi connectivity index (χ4v) is 1.79. The van der Waals surface area contributed by atoms with E-state index in [1.807, 2.05) is 6.07 Å². The zero-order chi connectivity index (χ0) is 12.8. The van der Waals surface area contributed by atoms with Crippen LogP contribution in [-0.2, 0) is 4.79 Å². The maximum absolute atomic E-state index is 13.2. The molecule has 7 heteroatoms. The van der Waals surface area contributed by atoms with Gasteiger partial charge in [-0.3, -0.25) is 4.79 Å². The third-order valence-electron chi connectivity index (χ3n) is 1.68. The minimum atomic E-state index is -0.843. The SMILES string of the molecule is N#CCSCC(=O)Nc1cc(Br)c(F)cc1F. The molecule has 0 spiro atoms. The molecule has 1 N–H and O–H groups in total. The standard InChI is InChI=1S/C10H7BrF2N2OS/c11-6-3-9(8(13)4-7(6)12)15-10(16)5-17-2-1-14/h3-4H,2,5H2,(H,15,16). The molecule has 90 valence electrons. The maximum Gasteiger partial charge on any atom is 0.234 e. The zero-order valence-corrected chi connectivity index (χ0v) is 10.9. The molecule has 1 amide bonds. The highest BCUT2D eigenvalue weighted by atomic mass is 79.9. The van der Waals surface area contributed by atoms with Gasteiger partial charge in [0.15, 0.2) is 0 Å². The van der Waals surface area contributed by atoms with E-state index in [4.69, 9.17) is 5.26 Å². The molecule has 0 aliphatic heterocycles. The van der Waals surface area contributed by atoms with Crippen LogP contribution in [0.3, 0.4) is 0 Å². The van der Waals surface area contributed by atoms with E-state index in [0.717, 1.165) is 17.8 Å². The lowest BCUT2D eigenvalue weighted by Crippen LogP contribution is -2.15. The number of amides is 1. The molecule has 0 heterocycles. The van der Waals surface area contributed by atoms with Crippen LogP contribution in [0.5, 0.6) is 0 Å². The van der Waals surface area contributed by atoms with Crippen molar-refractivity contribution in [3.63, 3.8) is 0 Å². The highest BCUT2D eigenvalue weighted by molar-refractivity contribution is 9.10. The fraction of sp³-hybridized carbons (Fsp3) is 0.200. The maximum atomic E-state index is 13.2. The third-order valence-corrected chi connectivity index (χ3v) is 3.09. The van der Waals surface area contributed by atoms with Crippen molar-refractivity contribution in [1.82, 2.24) is 0 Å². The molecular weight excluding hydrogens is 314 g/mol. The number of carbonyl (C=O) groups excluding carboxylic acids is 1. The molecule has 1 aromatic carbocycles. The number of hydrogen-bond acceptors (Lipinski definition) is 3. The van der Waals surface area contributed by atoms with Crippen molar-refractivity contribution in [2.45, 2.75) is 0 Å². The number of rotatable bonds is 4. The summed E-state index contributed by atoms with van der Waals surface area (Å²) in [5, 5.41) is 10.6. The Bertz CT molecular complexity index is 476. The second-order valence-electron chi connectivity index (χ2n) is 2.95. The van der Waals surface area contributed by atoms with E-state index in [1.165, 1.54) is 0 Å². The van der Waals surface area contributed by atoms with Gasteiger partial charge < -0.3 is 5.32 Å². The Balaban J connectivity index is 2.66. The van der Waals surface area contributed by atoms with Crippen LogP contribution in [0, 0.1) is 23.0 Å². The summed E-state index contributed by atoms with van der Waals surface area (Å²) in [5.41, 5.74) is -0.0965. The summed E-state index contributed by atoms with van der Waals surface area (Å²) >= 11 is 4.01. The smallest absolute Gasteiger partial charge is 0.234 e. The van der Waals surface area contributed by atoms with Gasteiger partial charge in [-0.25, -0.2) is 8.78 Å². The van der Waals surface area contributed by atoms with E-state index >= 15 is 0 Å². The number of nitrogens with one attached hydrogen (secondary N) is 1. The van der Waals surface area contributed by atoms with Crippen LogP contribution in [0.4, 0.5) is 14.5 Å². The van der Waals surface area contributed by atoms with Gasteiger partial charge in [-0.15, -0.1) is 11.8 Å². The first-order chi connectivity index (χ1) is 8.04. The molecule has 0 aliphatic rings. The zero-order valence-electron chi connectivity index (χ0n) is 8.47. The number of hydrogen-bond donors (Lipinski definition) is 1. The molecule has 1 aromatic rings. The van der Waals surface area contributed by atoms with E-state index in [-0.39, 0.29) is 21.7 Å². The summed E-state index contributed by atoms with van der Waals surface area (Å²) in [4.78, 5) is 11.3. The van der Waals surface area contributed by atoms with Gasteiger partial charge in [0.2, 0.25) is 5.91 Å². The van der Waals surface area contributed by atoms with Gasteiger partial charge in [0.1, 0.15) is 11.6 Å². The predicted molar refractivity (Wildman–Crippen MR) is 65.6 cm³/mol. The molecule has 3 nitrogen and oxygen atoms in total. The van der Waals surface area contributed by atoms with Gasteiger partial charge in [-0.2, -0.15) is 5.26 Å². The van der Waals surface area contributed by atoms with Crippen molar-refractivity contribution in [3.05, 3.63) is 28.2 Å². The van der Waals surface area contributed by atoms with E-state index in [0.29, 0.717) is 6.07 Å². The van der Waals surface area contributed by atoms with Gasteiger partial charge in [0.05, 0.1) is 27.7 Å². The number of halogens is 3. The van der Waals surface area contributed by atoms with Crippen LogP contribution >= 0.6 is 27.7 Å². The minimum Gasteiger partial charge on any atom is -0.323 e. The summed E-state index contributed by atoms with van der Waals surface area (Å²) in [6, 6.07) is 3.70. The number of carbonyl (C=O) groups is 1. The molecule has 0 radical (unpaired) electrons. The predicted octanol–water partition coefficient (Wildman–Crippen LogP) is 2.92. The van der Waals surface area contributed by atoms with Gasteiger partial charge >= 0.3 is 0 Å². The first-order valence-corrected chi connectivity index (χ1v) is 6.38. The molecule has 0 saturated carbocycles. The Labute approximate surface area is 109 Å². The highest BCUT2D eigenvalue weighted by Gasteiger charge is 2.10. The molecule has 0 saturated heterocycles. The Morgan fingerprint density at radius 1 is 1.47 bits per heavy atom. The second-order valence-corrected chi connectivity index (χ2v) is 4.79. The molecule has 0 atom stereocenters. The summed E-state index contributed by atoms with van der Waals surface area (Å²) in [5.74, 6) is -1.79. The Hall–Kier alpha value is -1.13. The van der Waals surface area contributed by atoms with Crippen molar-refractivity contribution in [2.75, 3.05) is 16.8 Å². The van der Waals surface area contributed by atoms with Crippen molar-refractivity contribution in [3.8, 4) is 6.07 Å². The number of nitriles is 1. The summed E-state index contributed by atoms with van der Waals surface area (Å²) < 4.78 is 26.2. The van der Waals surface area contributed by atoms with Crippen LogP contribution in [-0.4, -0.2) is 17.4 Å². The average Bonchev–Trinajstić information content (AvgIpc) is 2.26. The molecule has 1 rings (SSSR count). The lowest BCUT2D eigenvalue weighted by atomic mass is 10.3. The van der Waals surface area contributed by atoms with E-state index < -0.39 is 17.5 Å². The first-order valence-electron chi connectivity index (χ1n) is 4.43. The number of benzene rings is 1. The third kappa shape index (κ3) is 4.32. The fourth-order valence-electron chi connectivity index (χ4n) is 0.994. The van der Waals surface area contributed by atoms with Gasteiger partial charge in [0, 0.05) is 6.07 Å². The van der Waals surface area contributed by atoms with E-state index in [1.54, 1.807) is 0 Å². The van der Waals surface area contributed by atoms with Crippen molar-refractivity contribution >= 4 is 39.3 Å². The largest absolute Gasteiger partial charge is 0.323 e. The monoisotopic (exact) mass is 320 g/mol. The Kier molecular flexibility index (Phi) is 5.38. The lowest BCUT2D eigenvalue weighted by molar-refractivity contribution is -0.113. The quantitative estimate of drug-likeness (QED) is 0.685. The first kappa shape index (κ1) is 13.9. The van der Waals surface area contributed by atoms with Crippen LogP contribution < -0.4 is 5.32 Å². The summed E-state index contributed by atoms with van der Waals surface area (Å²) in [7, 11) is 0. The number of anilines is 1. The molecule has 0 aliphatic carbocycles. The molecule has 0 unspecified atom stereocenters. The van der Waals surface area contributed by atoms with Crippen LogP contribution in [0.25, 0.3) is 0 Å². The van der Waals surface area contributed by atoms with E-state index in [2.05, 4.69) is 21.2 Å². The van der Waals surface area contributed by atoms with Crippen LogP contribution in [0.1, 0.15) is 0 Å². The van der Waals surface area contributed by atoms with Crippen molar-refractivity contribution < 1.29 is 13.6 Å². The van der Waals surface area contributed by atoms with Gasteiger partial charge in [-0.05, 0) is 22.0 Å². The highest BCUT2D eigenvalue weighted by Crippen LogP contribution is 2.23. The topological polar surface area (TPSA) is 52.9 Å². The lowest BCUT2D eigenvalue weighted by Gasteiger charge is -2.06. The molecular formula is C10H7BrF2N2OS. The van der Waals surface area contributed by atoms with Gasteiger partial charge in [0.25, 0.3) is 0 Å². The second kappa shape index (κ2) is 6.57. The molecule has 0 bridgehead atoms. The summed E-state index contributed by atoms with van der Waals surface area (Å²) in [6.45, 7) is 0. The summed E-state index contributed by atoms with van der Waals surface area (Å²) in [6.07, 6.45) is 0. The molecule has 17 heavy (non-hydrogen) atoms. The normalized spacial score (nSPS) is 9.76. The van der Waals surface area contributed by atoms with E-state index in [9.17, 15) is 13.6 Å². The molecule has 0 fully saturated rings. The minimum absolute atomic E-state index is 0.0436.